The highest BCUT2D eigenvalue weighted by molar-refractivity contribution is 9.10. The molecule has 106 valence electrons. The molecule has 0 radical (unpaired) electrons. The van der Waals surface area contributed by atoms with Crippen LogP contribution < -0.4 is 0 Å². The Morgan fingerprint density at radius 1 is 1.00 bits per heavy atom. The van der Waals surface area contributed by atoms with Crippen LogP contribution in [0.4, 0.5) is 8.78 Å². The summed E-state index contributed by atoms with van der Waals surface area (Å²) in [5.74, 6) is -0.651. The van der Waals surface area contributed by atoms with Crippen LogP contribution in [-0.4, -0.2) is 11.7 Å². The number of benzene rings is 2. The third-order valence-corrected chi connectivity index (χ3v) is 3.71. The minimum absolute atomic E-state index is 0.0384. The molecule has 1 unspecified atom stereocenters. The van der Waals surface area contributed by atoms with Gasteiger partial charge in [-0.15, -0.1) is 0 Å². The van der Waals surface area contributed by atoms with Crippen molar-refractivity contribution in [2.24, 2.45) is 5.92 Å². The fourth-order valence-corrected chi connectivity index (χ4v) is 2.57. The average Bonchev–Trinajstić information content (AvgIpc) is 2.44. The summed E-state index contributed by atoms with van der Waals surface area (Å²) in [6.07, 6.45) is 1.03. The lowest BCUT2D eigenvalue weighted by atomic mass is 9.93. The van der Waals surface area contributed by atoms with Gasteiger partial charge in [-0.05, 0) is 60.2 Å². The predicted molar refractivity (Wildman–Crippen MR) is 78.5 cm³/mol. The first-order chi connectivity index (χ1) is 9.58. The van der Waals surface area contributed by atoms with Gasteiger partial charge in [0, 0.05) is 11.1 Å². The van der Waals surface area contributed by atoms with Gasteiger partial charge >= 0.3 is 0 Å². The maximum absolute atomic E-state index is 13.7. The number of halogens is 3. The van der Waals surface area contributed by atoms with Crippen LogP contribution in [0.2, 0.25) is 0 Å². The molecule has 0 fully saturated rings. The van der Waals surface area contributed by atoms with E-state index in [2.05, 4.69) is 15.9 Å². The van der Waals surface area contributed by atoms with E-state index in [9.17, 15) is 13.9 Å². The van der Waals surface area contributed by atoms with E-state index >= 15 is 0 Å². The van der Waals surface area contributed by atoms with Crippen molar-refractivity contribution in [3.05, 3.63) is 69.7 Å². The lowest BCUT2D eigenvalue weighted by Crippen LogP contribution is -2.14. The molecule has 0 heterocycles. The molecule has 0 bridgehead atoms. The molecule has 0 aliphatic rings. The summed E-state index contributed by atoms with van der Waals surface area (Å²) in [5, 5.41) is 9.46. The zero-order valence-corrected chi connectivity index (χ0v) is 12.4. The Morgan fingerprint density at radius 3 is 2.35 bits per heavy atom. The standard InChI is InChI=1S/C16H15BrF2O/c17-14-3-6-16(19)13(9-14)8-12(10-20)7-11-1-4-15(18)5-2-11/h1-6,9,12,20H,7-8,10H2. The van der Waals surface area contributed by atoms with Gasteiger partial charge < -0.3 is 5.11 Å². The molecule has 0 aromatic heterocycles. The molecule has 20 heavy (non-hydrogen) atoms. The lowest BCUT2D eigenvalue weighted by molar-refractivity contribution is 0.224. The summed E-state index contributed by atoms with van der Waals surface area (Å²) in [5.41, 5.74) is 1.50. The molecule has 2 rings (SSSR count). The van der Waals surface area contributed by atoms with E-state index in [1.165, 1.54) is 18.2 Å². The molecule has 0 amide bonds. The van der Waals surface area contributed by atoms with Crippen molar-refractivity contribution in [2.45, 2.75) is 12.8 Å². The first-order valence-electron chi connectivity index (χ1n) is 6.37. The van der Waals surface area contributed by atoms with Gasteiger partial charge in [-0.1, -0.05) is 28.1 Å². The van der Waals surface area contributed by atoms with Gasteiger partial charge in [-0.3, -0.25) is 0 Å². The van der Waals surface area contributed by atoms with Crippen LogP contribution in [-0.2, 0) is 12.8 Å². The van der Waals surface area contributed by atoms with E-state index in [1.54, 1.807) is 24.3 Å². The molecule has 0 saturated carbocycles. The van der Waals surface area contributed by atoms with E-state index in [0.717, 1.165) is 10.0 Å². The highest BCUT2D eigenvalue weighted by atomic mass is 79.9. The van der Waals surface area contributed by atoms with Gasteiger partial charge in [0.05, 0.1) is 0 Å². The van der Waals surface area contributed by atoms with Gasteiger partial charge in [0.2, 0.25) is 0 Å². The maximum atomic E-state index is 13.7. The lowest BCUT2D eigenvalue weighted by Gasteiger charge is -2.15. The summed E-state index contributed by atoms with van der Waals surface area (Å²) < 4.78 is 27.4. The van der Waals surface area contributed by atoms with Gasteiger partial charge in [0.25, 0.3) is 0 Å². The van der Waals surface area contributed by atoms with Crippen molar-refractivity contribution >= 4 is 15.9 Å². The molecular formula is C16H15BrF2O. The highest BCUT2D eigenvalue weighted by Gasteiger charge is 2.13. The number of hydrogen-bond acceptors (Lipinski definition) is 1. The second-order valence-electron chi connectivity index (χ2n) is 4.82. The number of rotatable bonds is 5. The molecule has 0 aliphatic carbocycles. The fourth-order valence-electron chi connectivity index (χ4n) is 2.17. The Kier molecular flexibility index (Phi) is 5.26. The zero-order chi connectivity index (χ0) is 14.5. The minimum Gasteiger partial charge on any atom is -0.396 e. The Bertz CT molecular complexity index is 569. The average molecular weight is 341 g/mol. The van der Waals surface area contributed by atoms with Crippen molar-refractivity contribution in [1.29, 1.82) is 0 Å². The first kappa shape index (κ1) is 15.1. The smallest absolute Gasteiger partial charge is 0.126 e. The molecule has 2 aromatic carbocycles. The maximum Gasteiger partial charge on any atom is 0.126 e. The third kappa shape index (κ3) is 4.12. The Morgan fingerprint density at radius 2 is 1.70 bits per heavy atom. The van der Waals surface area contributed by atoms with Crippen molar-refractivity contribution in [3.63, 3.8) is 0 Å². The summed E-state index contributed by atoms with van der Waals surface area (Å²) >= 11 is 3.31. The van der Waals surface area contributed by atoms with Crippen molar-refractivity contribution in [2.75, 3.05) is 6.61 Å². The predicted octanol–water partition coefficient (Wildman–Crippen LogP) is 4.12. The van der Waals surface area contributed by atoms with Crippen LogP contribution in [0, 0.1) is 17.6 Å². The highest BCUT2D eigenvalue weighted by Crippen LogP contribution is 2.20. The van der Waals surface area contributed by atoms with Crippen LogP contribution in [0.5, 0.6) is 0 Å². The normalized spacial score (nSPS) is 12.4. The fraction of sp³-hybridized carbons (Fsp3) is 0.250. The van der Waals surface area contributed by atoms with Crippen LogP contribution >= 0.6 is 15.9 Å². The van der Waals surface area contributed by atoms with E-state index in [1.807, 2.05) is 0 Å². The molecule has 1 N–H and O–H groups in total. The van der Waals surface area contributed by atoms with Gasteiger partial charge in [-0.25, -0.2) is 8.78 Å². The topological polar surface area (TPSA) is 20.2 Å². The van der Waals surface area contributed by atoms with E-state index < -0.39 is 0 Å². The monoisotopic (exact) mass is 340 g/mol. The molecule has 0 aliphatic heterocycles. The van der Waals surface area contributed by atoms with Crippen LogP contribution in [0.1, 0.15) is 11.1 Å². The molecule has 4 heteroatoms. The molecule has 2 aromatic rings. The quantitative estimate of drug-likeness (QED) is 0.867. The SMILES string of the molecule is OCC(Cc1ccc(F)cc1)Cc1cc(Br)ccc1F. The Hall–Kier alpha value is -1.26. The van der Waals surface area contributed by atoms with Crippen LogP contribution in [0.3, 0.4) is 0 Å². The number of aliphatic hydroxyl groups is 1. The van der Waals surface area contributed by atoms with Gasteiger partial charge in [-0.2, -0.15) is 0 Å². The third-order valence-electron chi connectivity index (χ3n) is 3.21. The zero-order valence-electron chi connectivity index (χ0n) is 10.8. The van der Waals surface area contributed by atoms with Crippen LogP contribution in [0.25, 0.3) is 0 Å². The Balaban J connectivity index is 2.08. The summed E-state index contributed by atoms with van der Waals surface area (Å²) in [6, 6.07) is 10.9. The van der Waals surface area contributed by atoms with Crippen molar-refractivity contribution in [3.8, 4) is 0 Å². The molecule has 1 atom stereocenters. The Labute approximate surface area is 125 Å². The van der Waals surface area contributed by atoms with Crippen molar-refractivity contribution < 1.29 is 13.9 Å². The minimum atomic E-state index is -0.285. The molecule has 0 spiro atoms. The summed E-state index contributed by atoms with van der Waals surface area (Å²) in [6.45, 7) is -0.0384. The number of hydrogen-bond donors (Lipinski definition) is 1. The second kappa shape index (κ2) is 6.95. The van der Waals surface area contributed by atoms with E-state index in [4.69, 9.17) is 0 Å². The second-order valence-corrected chi connectivity index (χ2v) is 5.73. The molecular weight excluding hydrogens is 326 g/mol. The number of aliphatic hydroxyl groups excluding tert-OH is 1. The van der Waals surface area contributed by atoms with Gasteiger partial charge in [0.15, 0.2) is 0 Å². The van der Waals surface area contributed by atoms with E-state index in [-0.39, 0.29) is 24.2 Å². The van der Waals surface area contributed by atoms with E-state index in [0.29, 0.717) is 18.4 Å². The van der Waals surface area contributed by atoms with Gasteiger partial charge in [0.1, 0.15) is 11.6 Å². The van der Waals surface area contributed by atoms with Crippen LogP contribution in [0.15, 0.2) is 46.9 Å². The first-order valence-corrected chi connectivity index (χ1v) is 7.17. The summed E-state index contributed by atoms with van der Waals surface area (Å²) in [4.78, 5) is 0. The largest absolute Gasteiger partial charge is 0.396 e. The molecule has 1 nitrogen and oxygen atoms in total. The summed E-state index contributed by atoms with van der Waals surface area (Å²) in [7, 11) is 0. The molecule has 0 saturated heterocycles. The van der Waals surface area contributed by atoms with Crippen molar-refractivity contribution in [1.82, 2.24) is 0 Å².